The van der Waals surface area contributed by atoms with Crippen molar-refractivity contribution in [3.63, 3.8) is 0 Å². The molecule has 0 aliphatic heterocycles. The van der Waals surface area contributed by atoms with Gasteiger partial charge in [-0.15, -0.1) is 0 Å². The topological polar surface area (TPSA) is 58.0 Å². The van der Waals surface area contributed by atoms with E-state index in [2.05, 4.69) is 200 Å². The molecule has 302 valence electrons. The molecule has 0 atom stereocenters. The summed E-state index contributed by atoms with van der Waals surface area (Å²) in [6.07, 6.45) is 14.8. The van der Waals surface area contributed by atoms with E-state index in [0.29, 0.717) is 0 Å². The molecule has 0 aliphatic carbocycles. The highest BCUT2D eigenvalue weighted by atomic mass is 15.2. The van der Waals surface area contributed by atoms with Gasteiger partial charge in [0, 0.05) is 36.2 Å². The quantitative estimate of drug-likeness (QED) is 0.128. The van der Waals surface area contributed by atoms with Crippen LogP contribution in [0, 0.1) is 0 Å². The van der Waals surface area contributed by atoms with Gasteiger partial charge in [-0.05, 0) is 151 Å². The monoisotopic (exact) mass is 820 g/mol. The van der Waals surface area contributed by atoms with E-state index in [9.17, 15) is 0 Å². The van der Waals surface area contributed by atoms with Crippen LogP contribution in [0.15, 0.2) is 244 Å². The van der Waals surface area contributed by atoms with Crippen LogP contribution in [0.4, 0.5) is 34.1 Å². The summed E-state index contributed by atoms with van der Waals surface area (Å²) in [5.74, 6) is 0. The molecule has 0 N–H and O–H groups in total. The van der Waals surface area contributed by atoms with Gasteiger partial charge in [-0.3, -0.25) is 19.9 Å². The molecule has 6 nitrogen and oxygen atoms in total. The van der Waals surface area contributed by atoms with Gasteiger partial charge in [0.2, 0.25) is 0 Å². The fourth-order valence-corrected chi connectivity index (χ4v) is 8.91. The van der Waals surface area contributed by atoms with Crippen LogP contribution in [0.1, 0.15) is 0 Å². The molecule has 7 aromatic carbocycles. The minimum absolute atomic E-state index is 0.939. The van der Waals surface area contributed by atoms with E-state index in [4.69, 9.17) is 0 Å². The molecule has 0 bridgehead atoms. The van der Waals surface area contributed by atoms with E-state index in [0.717, 1.165) is 100 Å². The van der Waals surface area contributed by atoms with Crippen LogP contribution < -0.4 is 9.80 Å². The Balaban J connectivity index is 1.25. The minimum atomic E-state index is 0.939. The lowest BCUT2D eigenvalue weighted by Gasteiger charge is -2.27. The summed E-state index contributed by atoms with van der Waals surface area (Å²) in [6, 6.07) is 69.1. The molecule has 0 fully saturated rings. The highest BCUT2D eigenvalue weighted by Crippen LogP contribution is 2.49. The zero-order valence-corrected chi connectivity index (χ0v) is 34.8. The maximum atomic E-state index is 4.54. The van der Waals surface area contributed by atoms with Gasteiger partial charge in [-0.1, -0.05) is 109 Å². The van der Waals surface area contributed by atoms with Crippen molar-refractivity contribution in [3.8, 4) is 44.5 Å². The fourth-order valence-electron chi connectivity index (χ4n) is 8.91. The molecule has 11 rings (SSSR count). The van der Waals surface area contributed by atoms with Crippen molar-refractivity contribution >= 4 is 55.7 Å². The number of fused-ring (bicyclic) bond motifs is 2. The minimum Gasteiger partial charge on any atom is -0.307 e. The summed E-state index contributed by atoms with van der Waals surface area (Å²) in [6.45, 7) is 0. The van der Waals surface area contributed by atoms with Gasteiger partial charge in [0.05, 0.1) is 47.5 Å². The average molecular weight is 821 g/mol. The second-order valence-electron chi connectivity index (χ2n) is 15.6. The Hall–Kier alpha value is -8.74. The third-order valence-corrected chi connectivity index (χ3v) is 11.7. The number of aromatic nitrogens is 4. The van der Waals surface area contributed by atoms with Crippen LogP contribution in [0.5, 0.6) is 0 Å². The van der Waals surface area contributed by atoms with E-state index in [1.54, 1.807) is 0 Å². The van der Waals surface area contributed by atoms with Crippen molar-refractivity contribution < 1.29 is 0 Å². The van der Waals surface area contributed by atoms with Gasteiger partial charge >= 0.3 is 0 Å². The predicted molar refractivity (Wildman–Crippen MR) is 264 cm³/mol. The Kier molecular flexibility index (Phi) is 10.1. The molecule has 4 heterocycles. The summed E-state index contributed by atoms with van der Waals surface area (Å²) < 4.78 is 0. The first-order valence-electron chi connectivity index (χ1n) is 21.3. The summed E-state index contributed by atoms with van der Waals surface area (Å²) in [5, 5.41) is 4.50. The van der Waals surface area contributed by atoms with Crippen molar-refractivity contribution in [2.24, 2.45) is 0 Å². The van der Waals surface area contributed by atoms with Crippen molar-refractivity contribution in [2.75, 3.05) is 9.80 Å². The third-order valence-electron chi connectivity index (χ3n) is 11.7. The average Bonchev–Trinajstić information content (AvgIpc) is 3.38. The van der Waals surface area contributed by atoms with Gasteiger partial charge in [-0.25, -0.2) is 0 Å². The van der Waals surface area contributed by atoms with Crippen molar-refractivity contribution in [2.45, 2.75) is 0 Å². The molecule has 0 aliphatic rings. The SMILES string of the molecule is c1ccc(-c2cccc(-c3c4ccc(N(c5cccnc5)c5cccnc5)cc4c(-c4cccc(-c5ccccc5)c4)c4ccc(N(c5cccnc5)c5cccnc5)cc34)c2)cc1. The Morgan fingerprint density at radius 3 is 0.922 bits per heavy atom. The van der Waals surface area contributed by atoms with Gasteiger partial charge in [0.25, 0.3) is 0 Å². The third kappa shape index (κ3) is 7.29. The Morgan fingerprint density at radius 2 is 0.578 bits per heavy atom. The van der Waals surface area contributed by atoms with Crippen molar-refractivity contribution in [1.82, 2.24) is 19.9 Å². The first-order valence-corrected chi connectivity index (χ1v) is 21.3. The van der Waals surface area contributed by atoms with Crippen LogP contribution in [-0.4, -0.2) is 19.9 Å². The van der Waals surface area contributed by atoms with E-state index < -0.39 is 0 Å². The smallest absolute Gasteiger partial charge is 0.0645 e. The van der Waals surface area contributed by atoms with Gasteiger partial charge < -0.3 is 9.80 Å². The number of pyridine rings is 4. The molecule has 0 unspecified atom stereocenters. The molecule has 4 aromatic heterocycles. The van der Waals surface area contributed by atoms with Crippen LogP contribution in [-0.2, 0) is 0 Å². The number of benzene rings is 7. The summed E-state index contributed by atoms with van der Waals surface area (Å²) in [7, 11) is 0. The first-order chi connectivity index (χ1) is 31.8. The predicted octanol–water partition coefficient (Wildman–Crippen LogP) is 15.2. The van der Waals surface area contributed by atoms with Crippen molar-refractivity contribution in [3.05, 3.63) is 244 Å². The molecule has 64 heavy (non-hydrogen) atoms. The lowest BCUT2D eigenvalue weighted by Crippen LogP contribution is -2.11. The summed E-state index contributed by atoms with van der Waals surface area (Å²) >= 11 is 0. The standard InChI is InChI=1S/C58H40N6/c1-3-13-41(14-4-1)43-17-7-19-45(33-43)57-53-27-25-48(64(51-23-11-31-61-39-51)52-24-12-32-62-40-52)36-56(53)58(46-20-8-18-44(34-46)42-15-5-2-6-16-42)54-28-26-47(35-55(54)57)63(49-21-9-29-59-37-49)50-22-10-30-60-38-50/h1-40H. The van der Waals surface area contributed by atoms with Gasteiger partial charge in [0.1, 0.15) is 0 Å². The van der Waals surface area contributed by atoms with Crippen LogP contribution in [0.3, 0.4) is 0 Å². The van der Waals surface area contributed by atoms with E-state index in [1.807, 2.05) is 73.8 Å². The number of rotatable bonds is 10. The molecule has 0 spiro atoms. The normalized spacial score (nSPS) is 11.1. The molecule has 0 radical (unpaired) electrons. The molecular weight excluding hydrogens is 781 g/mol. The molecule has 0 saturated carbocycles. The van der Waals surface area contributed by atoms with Crippen LogP contribution in [0.2, 0.25) is 0 Å². The lowest BCUT2D eigenvalue weighted by atomic mass is 9.84. The fraction of sp³-hybridized carbons (Fsp3) is 0. The van der Waals surface area contributed by atoms with Crippen LogP contribution >= 0.6 is 0 Å². The number of hydrogen-bond acceptors (Lipinski definition) is 6. The number of nitrogens with zero attached hydrogens (tertiary/aromatic N) is 6. The molecule has 0 amide bonds. The zero-order valence-electron chi connectivity index (χ0n) is 34.8. The Labute approximate surface area is 372 Å². The summed E-state index contributed by atoms with van der Waals surface area (Å²) in [4.78, 5) is 22.6. The lowest BCUT2D eigenvalue weighted by molar-refractivity contribution is 1.20. The van der Waals surface area contributed by atoms with E-state index >= 15 is 0 Å². The first kappa shape index (κ1) is 38.2. The molecule has 6 heteroatoms. The maximum absolute atomic E-state index is 4.54. The number of hydrogen-bond donors (Lipinski definition) is 0. The molecular formula is C58H40N6. The van der Waals surface area contributed by atoms with Crippen molar-refractivity contribution in [1.29, 1.82) is 0 Å². The highest BCUT2D eigenvalue weighted by molar-refractivity contribution is 6.23. The molecule has 11 aromatic rings. The number of anilines is 6. The van der Waals surface area contributed by atoms with Gasteiger partial charge in [0.15, 0.2) is 0 Å². The van der Waals surface area contributed by atoms with Gasteiger partial charge in [-0.2, -0.15) is 0 Å². The summed E-state index contributed by atoms with van der Waals surface area (Å²) in [5.41, 5.74) is 14.9. The zero-order chi connectivity index (χ0) is 42.7. The maximum Gasteiger partial charge on any atom is 0.0645 e. The molecule has 0 saturated heterocycles. The second-order valence-corrected chi connectivity index (χ2v) is 15.6. The Bertz CT molecular complexity index is 3060. The van der Waals surface area contributed by atoms with Crippen LogP contribution in [0.25, 0.3) is 66.1 Å². The largest absolute Gasteiger partial charge is 0.307 e. The van der Waals surface area contributed by atoms with E-state index in [-0.39, 0.29) is 0 Å². The second kappa shape index (κ2) is 17.0. The highest BCUT2D eigenvalue weighted by Gasteiger charge is 2.23. The Morgan fingerprint density at radius 1 is 0.234 bits per heavy atom. The van der Waals surface area contributed by atoms with E-state index in [1.165, 1.54) is 0 Å².